The van der Waals surface area contributed by atoms with E-state index in [9.17, 15) is 9.90 Å². The van der Waals surface area contributed by atoms with Crippen molar-refractivity contribution in [3.05, 3.63) is 29.3 Å². The Morgan fingerprint density at radius 2 is 2.21 bits per heavy atom. The number of hydrogen-bond donors (Lipinski definition) is 1. The molecule has 2 rings (SSSR count). The third-order valence-corrected chi connectivity index (χ3v) is 4.06. The number of carboxylic acids is 1. The van der Waals surface area contributed by atoms with Crippen LogP contribution in [0.3, 0.4) is 0 Å². The van der Waals surface area contributed by atoms with Crippen LogP contribution >= 0.6 is 0 Å². The molecule has 0 saturated carbocycles. The van der Waals surface area contributed by atoms with Crippen LogP contribution in [0.2, 0.25) is 0 Å². The molecular formula is C15H20O4. The molecular weight excluding hydrogens is 244 g/mol. The molecule has 1 aliphatic heterocycles. The summed E-state index contributed by atoms with van der Waals surface area (Å²) in [6.45, 7) is 4.83. The fourth-order valence-corrected chi connectivity index (χ4v) is 2.88. The molecule has 1 aromatic rings. The fourth-order valence-electron chi connectivity index (χ4n) is 2.88. The van der Waals surface area contributed by atoms with Gasteiger partial charge in [0.1, 0.15) is 5.75 Å². The lowest BCUT2D eigenvalue weighted by atomic mass is 9.67. The molecule has 4 nitrogen and oxygen atoms in total. The van der Waals surface area contributed by atoms with Crippen LogP contribution in [0.5, 0.6) is 5.75 Å². The molecule has 1 N–H and O–H groups in total. The Kier molecular flexibility index (Phi) is 3.80. The number of methoxy groups -OCH3 is 1. The van der Waals surface area contributed by atoms with Gasteiger partial charge in [0.2, 0.25) is 0 Å². The number of hydrogen-bond acceptors (Lipinski definition) is 3. The second kappa shape index (κ2) is 5.21. The highest BCUT2D eigenvalue weighted by Crippen LogP contribution is 2.42. The fraction of sp³-hybridized carbons (Fsp3) is 0.533. The minimum atomic E-state index is -0.751. The lowest BCUT2D eigenvalue weighted by molar-refractivity contribution is -0.157. The van der Waals surface area contributed by atoms with Crippen molar-refractivity contribution in [2.24, 2.45) is 5.92 Å². The summed E-state index contributed by atoms with van der Waals surface area (Å²) in [6.07, 6.45) is 0.601. The molecule has 1 atom stereocenters. The second-order valence-electron chi connectivity index (χ2n) is 5.13. The van der Waals surface area contributed by atoms with Crippen LogP contribution in [0.1, 0.15) is 24.5 Å². The molecule has 1 fully saturated rings. The van der Waals surface area contributed by atoms with E-state index in [0.717, 1.165) is 16.9 Å². The van der Waals surface area contributed by atoms with Crippen molar-refractivity contribution in [1.29, 1.82) is 0 Å². The van der Waals surface area contributed by atoms with E-state index in [4.69, 9.17) is 9.47 Å². The van der Waals surface area contributed by atoms with Crippen molar-refractivity contribution >= 4 is 5.97 Å². The first kappa shape index (κ1) is 13.9. The highest BCUT2D eigenvalue weighted by molar-refractivity contribution is 5.73. The largest absolute Gasteiger partial charge is 0.496 e. The SMILES string of the molecule is CCC(C(=O)O)C1(c2ccc(OC)c(C)c2)COC1. The predicted molar refractivity (Wildman–Crippen MR) is 71.6 cm³/mol. The van der Waals surface area contributed by atoms with Gasteiger partial charge in [0.25, 0.3) is 0 Å². The zero-order valence-electron chi connectivity index (χ0n) is 11.6. The van der Waals surface area contributed by atoms with E-state index in [1.807, 2.05) is 32.0 Å². The van der Waals surface area contributed by atoms with Crippen molar-refractivity contribution in [1.82, 2.24) is 0 Å². The first-order valence-corrected chi connectivity index (χ1v) is 6.51. The Balaban J connectivity index is 2.41. The normalized spacial score (nSPS) is 18.5. The van der Waals surface area contributed by atoms with Gasteiger partial charge in [0.05, 0.1) is 31.7 Å². The predicted octanol–water partition coefficient (Wildman–Crippen LogP) is 2.38. The summed E-state index contributed by atoms with van der Waals surface area (Å²) in [5.41, 5.74) is 1.66. The molecule has 0 spiro atoms. The number of carbonyl (C=O) groups is 1. The Labute approximate surface area is 113 Å². The molecule has 1 unspecified atom stereocenters. The van der Waals surface area contributed by atoms with E-state index >= 15 is 0 Å². The van der Waals surface area contributed by atoms with E-state index < -0.39 is 17.3 Å². The lowest BCUT2D eigenvalue weighted by Gasteiger charge is -2.46. The molecule has 4 heteroatoms. The summed E-state index contributed by atoms with van der Waals surface area (Å²) in [4.78, 5) is 11.5. The maximum Gasteiger partial charge on any atom is 0.307 e. The summed E-state index contributed by atoms with van der Waals surface area (Å²) in [5, 5.41) is 9.43. The van der Waals surface area contributed by atoms with Crippen LogP contribution in [0.15, 0.2) is 18.2 Å². The molecule has 1 aromatic carbocycles. The minimum absolute atomic E-state index is 0.391. The van der Waals surface area contributed by atoms with Gasteiger partial charge in [-0.15, -0.1) is 0 Å². The molecule has 0 amide bonds. The zero-order chi connectivity index (χ0) is 14.0. The molecule has 104 valence electrons. The van der Waals surface area contributed by atoms with Crippen LogP contribution in [0.25, 0.3) is 0 Å². The molecule has 19 heavy (non-hydrogen) atoms. The third-order valence-electron chi connectivity index (χ3n) is 4.06. The van der Waals surface area contributed by atoms with Gasteiger partial charge in [-0.3, -0.25) is 4.79 Å². The molecule has 1 aliphatic rings. The van der Waals surface area contributed by atoms with Crippen LogP contribution < -0.4 is 4.74 Å². The second-order valence-corrected chi connectivity index (χ2v) is 5.13. The summed E-state index contributed by atoms with van der Waals surface area (Å²) < 4.78 is 10.6. The minimum Gasteiger partial charge on any atom is -0.496 e. The van der Waals surface area contributed by atoms with Crippen molar-refractivity contribution in [2.75, 3.05) is 20.3 Å². The Hall–Kier alpha value is -1.55. The molecule has 0 bridgehead atoms. The molecule has 0 aromatic heterocycles. The van der Waals surface area contributed by atoms with Gasteiger partial charge < -0.3 is 14.6 Å². The molecule has 1 heterocycles. The van der Waals surface area contributed by atoms with Gasteiger partial charge >= 0.3 is 5.97 Å². The topological polar surface area (TPSA) is 55.8 Å². The Morgan fingerprint density at radius 3 is 2.58 bits per heavy atom. The number of carboxylic acid groups (broad SMARTS) is 1. The highest BCUT2D eigenvalue weighted by atomic mass is 16.5. The third kappa shape index (κ3) is 2.21. The van der Waals surface area contributed by atoms with E-state index in [1.165, 1.54) is 0 Å². The maximum absolute atomic E-state index is 11.5. The maximum atomic E-state index is 11.5. The molecule has 0 aliphatic carbocycles. The van der Waals surface area contributed by atoms with Gasteiger partial charge in [0.15, 0.2) is 0 Å². The number of ether oxygens (including phenoxy) is 2. The van der Waals surface area contributed by atoms with Crippen LogP contribution in [0.4, 0.5) is 0 Å². The van der Waals surface area contributed by atoms with E-state index in [-0.39, 0.29) is 0 Å². The first-order chi connectivity index (χ1) is 9.05. The van der Waals surface area contributed by atoms with Gasteiger partial charge in [-0.2, -0.15) is 0 Å². The smallest absolute Gasteiger partial charge is 0.307 e. The monoisotopic (exact) mass is 264 g/mol. The Morgan fingerprint density at radius 1 is 1.53 bits per heavy atom. The summed E-state index contributed by atoms with van der Waals surface area (Å²) in [7, 11) is 1.64. The van der Waals surface area contributed by atoms with Gasteiger partial charge in [0, 0.05) is 0 Å². The zero-order valence-corrected chi connectivity index (χ0v) is 11.6. The summed E-state index contributed by atoms with van der Waals surface area (Å²) >= 11 is 0. The average molecular weight is 264 g/mol. The van der Waals surface area contributed by atoms with Gasteiger partial charge in [-0.05, 0) is 30.5 Å². The number of benzene rings is 1. The number of aryl methyl sites for hydroxylation is 1. The summed E-state index contributed by atoms with van der Waals surface area (Å²) in [6, 6.07) is 5.88. The van der Waals surface area contributed by atoms with E-state index in [0.29, 0.717) is 19.6 Å². The molecule has 1 saturated heterocycles. The standard InChI is InChI=1S/C15H20O4/c1-4-12(14(16)17)15(8-19-9-15)11-5-6-13(18-3)10(2)7-11/h5-7,12H,4,8-9H2,1-3H3,(H,16,17). The van der Waals surface area contributed by atoms with Gasteiger partial charge in [-0.25, -0.2) is 0 Å². The van der Waals surface area contributed by atoms with Crippen LogP contribution in [-0.4, -0.2) is 31.4 Å². The van der Waals surface area contributed by atoms with Crippen molar-refractivity contribution in [3.63, 3.8) is 0 Å². The highest BCUT2D eigenvalue weighted by Gasteiger charge is 2.49. The number of aliphatic carboxylic acids is 1. The van der Waals surface area contributed by atoms with Crippen molar-refractivity contribution < 1.29 is 19.4 Å². The summed E-state index contributed by atoms with van der Waals surface area (Å²) in [5.74, 6) is -0.337. The van der Waals surface area contributed by atoms with Crippen molar-refractivity contribution in [2.45, 2.75) is 25.7 Å². The van der Waals surface area contributed by atoms with Gasteiger partial charge in [-0.1, -0.05) is 19.1 Å². The van der Waals surface area contributed by atoms with Crippen LogP contribution in [0, 0.1) is 12.8 Å². The lowest BCUT2D eigenvalue weighted by Crippen LogP contribution is -2.54. The quantitative estimate of drug-likeness (QED) is 0.887. The molecule has 0 radical (unpaired) electrons. The number of rotatable bonds is 5. The van der Waals surface area contributed by atoms with Crippen molar-refractivity contribution in [3.8, 4) is 5.75 Å². The van der Waals surface area contributed by atoms with Crippen LogP contribution in [-0.2, 0) is 14.9 Å². The average Bonchev–Trinajstić information content (AvgIpc) is 2.32. The first-order valence-electron chi connectivity index (χ1n) is 6.51. The Bertz CT molecular complexity index is 477. The van der Waals surface area contributed by atoms with E-state index in [1.54, 1.807) is 7.11 Å². The van der Waals surface area contributed by atoms with E-state index in [2.05, 4.69) is 0 Å².